The largest absolute Gasteiger partial charge is 0.203 e. The first-order valence-corrected chi connectivity index (χ1v) is 5.76. The minimum absolute atomic E-state index is 0.00394. The number of benzene rings is 1. The monoisotopic (exact) mass is 254 g/mol. The summed E-state index contributed by atoms with van der Waals surface area (Å²) in [6, 6.07) is 0. The van der Waals surface area contributed by atoms with E-state index in [0.717, 1.165) is 5.57 Å². The van der Waals surface area contributed by atoms with E-state index in [9.17, 15) is 17.6 Å². The second kappa shape index (κ2) is 3.70. The maximum atomic E-state index is 13.8. The van der Waals surface area contributed by atoms with Crippen LogP contribution in [0, 0.1) is 23.3 Å². The number of hydrogen-bond donors (Lipinski definition) is 0. The predicted molar refractivity (Wildman–Crippen MR) is 59.3 cm³/mol. The molecule has 1 saturated carbocycles. The second-order valence-electron chi connectivity index (χ2n) is 4.67. The third-order valence-corrected chi connectivity index (χ3v) is 3.90. The SMILES string of the molecule is C=CC=C1[C@H]2CC[C@@H]1c1c(F)c(F)c(F)c(F)c12. The van der Waals surface area contributed by atoms with Crippen molar-refractivity contribution in [2.24, 2.45) is 0 Å². The van der Waals surface area contributed by atoms with Crippen LogP contribution in [0.1, 0.15) is 35.8 Å². The van der Waals surface area contributed by atoms with Crippen LogP contribution in [0.2, 0.25) is 0 Å². The maximum Gasteiger partial charge on any atom is 0.197 e. The van der Waals surface area contributed by atoms with E-state index in [1.165, 1.54) is 6.08 Å². The molecule has 0 nitrogen and oxygen atoms in total. The van der Waals surface area contributed by atoms with Gasteiger partial charge >= 0.3 is 0 Å². The van der Waals surface area contributed by atoms with Crippen molar-refractivity contribution < 1.29 is 17.6 Å². The van der Waals surface area contributed by atoms with Crippen LogP contribution >= 0.6 is 0 Å². The molecule has 18 heavy (non-hydrogen) atoms. The quantitative estimate of drug-likeness (QED) is 0.397. The van der Waals surface area contributed by atoms with Gasteiger partial charge in [-0.05, 0) is 12.8 Å². The molecule has 0 aliphatic heterocycles. The van der Waals surface area contributed by atoms with E-state index in [1.54, 1.807) is 6.08 Å². The van der Waals surface area contributed by atoms with Crippen molar-refractivity contribution in [3.63, 3.8) is 0 Å². The maximum absolute atomic E-state index is 13.8. The molecule has 0 radical (unpaired) electrons. The van der Waals surface area contributed by atoms with Crippen molar-refractivity contribution in [2.45, 2.75) is 24.7 Å². The zero-order valence-electron chi connectivity index (χ0n) is 9.44. The van der Waals surface area contributed by atoms with Crippen LogP contribution in [0.4, 0.5) is 17.6 Å². The van der Waals surface area contributed by atoms with E-state index in [4.69, 9.17) is 0 Å². The van der Waals surface area contributed by atoms with Crippen LogP contribution in [0.5, 0.6) is 0 Å². The van der Waals surface area contributed by atoms with Crippen molar-refractivity contribution in [3.8, 4) is 0 Å². The average molecular weight is 254 g/mol. The molecule has 4 heteroatoms. The molecule has 2 bridgehead atoms. The van der Waals surface area contributed by atoms with Gasteiger partial charge in [-0.1, -0.05) is 24.3 Å². The van der Waals surface area contributed by atoms with E-state index in [-0.39, 0.29) is 23.0 Å². The molecule has 0 aromatic heterocycles. The highest BCUT2D eigenvalue weighted by atomic mass is 19.2. The molecule has 2 aliphatic carbocycles. The van der Waals surface area contributed by atoms with Crippen molar-refractivity contribution >= 4 is 0 Å². The van der Waals surface area contributed by atoms with Gasteiger partial charge in [0.05, 0.1) is 0 Å². The predicted octanol–water partition coefficient (Wildman–Crippen LogP) is 4.33. The number of rotatable bonds is 1. The number of fused-ring (bicyclic) bond motifs is 5. The van der Waals surface area contributed by atoms with Crippen molar-refractivity contribution in [2.75, 3.05) is 0 Å². The van der Waals surface area contributed by atoms with Crippen molar-refractivity contribution in [1.29, 1.82) is 0 Å². The molecule has 2 atom stereocenters. The highest BCUT2D eigenvalue weighted by Gasteiger charge is 2.46. The fourth-order valence-corrected chi connectivity index (χ4v) is 3.25. The summed E-state index contributed by atoms with van der Waals surface area (Å²) >= 11 is 0. The number of halogens is 4. The first kappa shape index (κ1) is 11.5. The summed E-state index contributed by atoms with van der Waals surface area (Å²) in [5, 5.41) is 0. The molecule has 1 fully saturated rings. The molecule has 0 spiro atoms. The molecular weight excluding hydrogens is 244 g/mol. The van der Waals surface area contributed by atoms with Gasteiger partial charge in [-0.25, -0.2) is 17.6 Å². The fourth-order valence-electron chi connectivity index (χ4n) is 3.25. The molecular formula is C14H10F4. The van der Waals surface area contributed by atoms with Crippen LogP contribution in [0.25, 0.3) is 0 Å². The van der Waals surface area contributed by atoms with E-state index < -0.39 is 23.3 Å². The molecule has 3 rings (SSSR count). The Morgan fingerprint density at radius 1 is 0.833 bits per heavy atom. The Balaban J connectivity index is 2.32. The van der Waals surface area contributed by atoms with Crippen LogP contribution in [-0.2, 0) is 0 Å². The normalized spacial score (nSPS) is 26.8. The van der Waals surface area contributed by atoms with E-state index in [0.29, 0.717) is 12.8 Å². The highest BCUT2D eigenvalue weighted by Crippen LogP contribution is 2.58. The van der Waals surface area contributed by atoms with Gasteiger partial charge in [0.2, 0.25) is 0 Å². The molecule has 0 heterocycles. The van der Waals surface area contributed by atoms with Gasteiger partial charge in [-0.2, -0.15) is 0 Å². The van der Waals surface area contributed by atoms with Gasteiger partial charge in [0, 0.05) is 23.0 Å². The average Bonchev–Trinajstić information content (AvgIpc) is 2.89. The molecule has 2 aliphatic rings. The van der Waals surface area contributed by atoms with Gasteiger partial charge in [0.1, 0.15) is 0 Å². The summed E-state index contributed by atoms with van der Waals surface area (Å²) in [4.78, 5) is 0. The van der Waals surface area contributed by atoms with Crippen LogP contribution in [-0.4, -0.2) is 0 Å². The first-order valence-electron chi connectivity index (χ1n) is 5.76. The van der Waals surface area contributed by atoms with Gasteiger partial charge in [0.15, 0.2) is 23.3 Å². The van der Waals surface area contributed by atoms with Crippen LogP contribution < -0.4 is 0 Å². The lowest BCUT2D eigenvalue weighted by Crippen LogP contribution is -2.09. The fraction of sp³-hybridized carbons (Fsp3) is 0.286. The summed E-state index contributed by atoms with van der Waals surface area (Å²) in [6.45, 7) is 3.55. The van der Waals surface area contributed by atoms with Crippen LogP contribution in [0.3, 0.4) is 0 Å². The minimum Gasteiger partial charge on any atom is -0.203 e. The zero-order chi connectivity index (χ0) is 13.0. The summed E-state index contributed by atoms with van der Waals surface area (Å²) in [5.41, 5.74) is 0.800. The molecule has 0 N–H and O–H groups in total. The Bertz CT molecular complexity index is 541. The minimum atomic E-state index is -1.71. The summed E-state index contributed by atoms with van der Waals surface area (Å²) in [5.74, 6) is -6.59. The molecule has 94 valence electrons. The number of allylic oxidation sites excluding steroid dienone is 3. The van der Waals surface area contributed by atoms with Gasteiger partial charge in [-0.15, -0.1) is 0 Å². The Labute approximate surface area is 102 Å². The summed E-state index contributed by atoms with van der Waals surface area (Å²) in [6.07, 6.45) is 4.50. The lowest BCUT2D eigenvalue weighted by atomic mass is 9.90. The van der Waals surface area contributed by atoms with E-state index in [1.807, 2.05) is 0 Å². The van der Waals surface area contributed by atoms with E-state index in [2.05, 4.69) is 6.58 Å². The van der Waals surface area contributed by atoms with E-state index >= 15 is 0 Å². The Morgan fingerprint density at radius 3 is 1.67 bits per heavy atom. The second-order valence-corrected chi connectivity index (χ2v) is 4.67. The van der Waals surface area contributed by atoms with Crippen molar-refractivity contribution in [1.82, 2.24) is 0 Å². The standard InChI is InChI=1S/C14H10F4/c1-2-3-6-7-4-5-8(6)10-9(7)11(15)13(17)14(18)12(10)16/h2-3,7-8H,1,4-5H2/t7-,8+. The number of hydrogen-bond acceptors (Lipinski definition) is 0. The lowest BCUT2D eigenvalue weighted by molar-refractivity contribution is 0.394. The van der Waals surface area contributed by atoms with Gasteiger partial charge < -0.3 is 0 Å². The third-order valence-electron chi connectivity index (χ3n) is 3.90. The Hall–Kier alpha value is -1.58. The zero-order valence-corrected chi connectivity index (χ0v) is 9.44. The topological polar surface area (TPSA) is 0 Å². The molecule has 1 aromatic carbocycles. The van der Waals surface area contributed by atoms with Gasteiger partial charge in [-0.3, -0.25) is 0 Å². The molecule has 0 amide bonds. The first-order chi connectivity index (χ1) is 8.57. The lowest BCUT2D eigenvalue weighted by Gasteiger charge is -2.16. The summed E-state index contributed by atoms with van der Waals surface area (Å²) in [7, 11) is 0. The molecule has 1 aromatic rings. The van der Waals surface area contributed by atoms with Gasteiger partial charge in [0.25, 0.3) is 0 Å². The smallest absolute Gasteiger partial charge is 0.197 e. The molecule has 0 unspecified atom stereocenters. The third kappa shape index (κ3) is 1.21. The Morgan fingerprint density at radius 2 is 1.28 bits per heavy atom. The highest BCUT2D eigenvalue weighted by molar-refractivity contribution is 5.55. The van der Waals surface area contributed by atoms with Crippen molar-refractivity contribution in [3.05, 3.63) is 58.7 Å². The molecule has 0 saturated heterocycles. The Kier molecular flexibility index (Phi) is 2.37. The van der Waals surface area contributed by atoms with Crippen LogP contribution in [0.15, 0.2) is 24.3 Å². The summed E-state index contributed by atoms with van der Waals surface area (Å²) < 4.78 is 54.1.